The van der Waals surface area contributed by atoms with E-state index in [0.29, 0.717) is 6.54 Å². The van der Waals surface area contributed by atoms with Crippen molar-refractivity contribution in [3.63, 3.8) is 0 Å². The molecule has 4 heteroatoms. The Morgan fingerprint density at radius 2 is 2.05 bits per heavy atom. The van der Waals surface area contributed by atoms with Gasteiger partial charge in [0, 0.05) is 27.2 Å². The smallest absolute Gasteiger partial charge is 0.191 e. The van der Waals surface area contributed by atoms with Gasteiger partial charge in [-0.1, -0.05) is 30.3 Å². The van der Waals surface area contributed by atoms with Crippen molar-refractivity contribution in [1.82, 2.24) is 10.6 Å². The molecule has 0 heterocycles. The zero-order valence-corrected chi connectivity index (χ0v) is 11.7. The van der Waals surface area contributed by atoms with Crippen LogP contribution in [0.1, 0.15) is 24.5 Å². The van der Waals surface area contributed by atoms with Crippen molar-refractivity contribution < 1.29 is 4.74 Å². The molecule has 0 aromatic heterocycles. The highest BCUT2D eigenvalue weighted by Crippen LogP contribution is 2.27. The Morgan fingerprint density at radius 3 is 2.63 bits per heavy atom. The zero-order valence-electron chi connectivity index (χ0n) is 11.7. The van der Waals surface area contributed by atoms with Crippen molar-refractivity contribution in [2.45, 2.75) is 18.9 Å². The number of hydrogen-bond donors (Lipinski definition) is 2. The molecule has 1 aliphatic carbocycles. The summed E-state index contributed by atoms with van der Waals surface area (Å²) in [5.41, 5.74) is 1.18. The van der Waals surface area contributed by atoms with Crippen LogP contribution in [0, 0.1) is 5.92 Å². The number of guanidine groups is 1. The van der Waals surface area contributed by atoms with Crippen molar-refractivity contribution in [2.75, 3.05) is 27.2 Å². The molecule has 0 aliphatic heterocycles. The first-order valence-electron chi connectivity index (χ1n) is 6.85. The van der Waals surface area contributed by atoms with Gasteiger partial charge in [-0.2, -0.15) is 0 Å². The molecule has 0 radical (unpaired) electrons. The molecule has 1 unspecified atom stereocenters. The first kappa shape index (κ1) is 13.9. The maximum atomic E-state index is 5.52. The number of aliphatic imine (C=N–C) groups is 1. The fraction of sp³-hybridized carbons (Fsp3) is 0.533. The lowest BCUT2D eigenvalue weighted by atomic mass is 10.1. The maximum absolute atomic E-state index is 5.52. The maximum Gasteiger partial charge on any atom is 0.191 e. The van der Waals surface area contributed by atoms with Gasteiger partial charge in [0.2, 0.25) is 0 Å². The van der Waals surface area contributed by atoms with Crippen molar-refractivity contribution in [3.05, 3.63) is 35.9 Å². The average Bonchev–Trinajstić information content (AvgIpc) is 3.28. The summed E-state index contributed by atoms with van der Waals surface area (Å²) in [5, 5.41) is 6.66. The number of nitrogens with zero attached hydrogens (tertiary/aromatic N) is 1. The van der Waals surface area contributed by atoms with E-state index in [0.717, 1.165) is 18.4 Å². The fourth-order valence-electron chi connectivity index (χ4n) is 1.98. The van der Waals surface area contributed by atoms with Crippen LogP contribution in [0.4, 0.5) is 0 Å². The molecule has 4 nitrogen and oxygen atoms in total. The normalized spacial score (nSPS) is 17.1. The second kappa shape index (κ2) is 7.14. The van der Waals surface area contributed by atoms with Crippen molar-refractivity contribution in [2.24, 2.45) is 10.9 Å². The molecule has 0 amide bonds. The van der Waals surface area contributed by atoms with Gasteiger partial charge in [0.15, 0.2) is 5.96 Å². The van der Waals surface area contributed by atoms with Crippen LogP contribution in [0.3, 0.4) is 0 Å². The molecule has 1 aliphatic rings. The first-order valence-corrected chi connectivity index (χ1v) is 6.85. The Hall–Kier alpha value is -1.55. The summed E-state index contributed by atoms with van der Waals surface area (Å²) in [6.45, 7) is 1.73. The standard InChI is InChI=1S/C15H23N3O/c1-16-15(17-10-12-8-9-12)18-11-14(19-2)13-6-4-3-5-7-13/h3-7,12,14H,8-11H2,1-2H3,(H2,16,17,18). The van der Waals surface area contributed by atoms with Crippen LogP contribution in [0.5, 0.6) is 0 Å². The van der Waals surface area contributed by atoms with Gasteiger partial charge in [-0.3, -0.25) is 4.99 Å². The van der Waals surface area contributed by atoms with Gasteiger partial charge in [0.1, 0.15) is 0 Å². The number of methoxy groups -OCH3 is 1. The molecule has 1 atom stereocenters. The monoisotopic (exact) mass is 261 g/mol. The van der Waals surface area contributed by atoms with E-state index in [1.165, 1.54) is 18.4 Å². The van der Waals surface area contributed by atoms with Crippen LogP contribution in [0.25, 0.3) is 0 Å². The highest BCUT2D eigenvalue weighted by atomic mass is 16.5. The van der Waals surface area contributed by atoms with E-state index in [2.05, 4.69) is 27.8 Å². The largest absolute Gasteiger partial charge is 0.375 e. The number of benzene rings is 1. The predicted octanol–water partition coefficient (Wildman–Crippen LogP) is 1.95. The molecule has 0 saturated heterocycles. The molecule has 2 N–H and O–H groups in total. The minimum atomic E-state index is 0.0423. The molecule has 1 fully saturated rings. The third-order valence-electron chi connectivity index (χ3n) is 3.39. The van der Waals surface area contributed by atoms with E-state index in [1.54, 1.807) is 14.2 Å². The Kier molecular flexibility index (Phi) is 5.21. The quantitative estimate of drug-likeness (QED) is 0.608. The van der Waals surface area contributed by atoms with E-state index in [-0.39, 0.29) is 6.10 Å². The van der Waals surface area contributed by atoms with Gasteiger partial charge in [0.25, 0.3) is 0 Å². The highest BCUT2D eigenvalue weighted by molar-refractivity contribution is 5.79. The van der Waals surface area contributed by atoms with Gasteiger partial charge in [0.05, 0.1) is 6.10 Å². The highest BCUT2D eigenvalue weighted by Gasteiger charge is 2.21. The SMILES string of the molecule is CN=C(NCC1CC1)NCC(OC)c1ccccc1. The van der Waals surface area contributed by atoms with Gasteiger partial charge in [-0.15, -0.1) is 0 Å². The molecule has 0 spiro atoms. The van der Waals surface area contributed by atoms with Crippen LogP contribution in [-0.4, -0.2) is 33.2 Å². The third-order valence-corrected chi connectivity index (χ3v) is 3.39. The summed E-state index contributed by atoms with van der Waals surface area (Å²) in [4.78, 5) is 4.23. The number of ether oxygens (including phenoxy) is 1. The lowest BCUT2D eigenvalue weighted by molar-refractivity contribution is 0.106. The molecule has 2 rings (SSSR count). The van der Waals surface area contributed by atoms with Crippen LogP contribution < -0.4 is 10.6 Å². The number of rotatable bonds is 6. The Balaban J connectivity index is 1.80. The molecular formula is C15H23N3O. The summed E-state index contributed by atoms with van der Waals surface area (Å²) >= 11 is 0. The van der Waals surface area contributed by atoms with E-state index in [9.17, 15) is 0 Å². The molecule has 1 saturated carbocycles. The first-order chi connectivity index (χ1) is 9.33. The Bertz CT molecular complexity index is 401. The fourth-order valence-corrected chi connectivity index (χ4v) is 1.98. The predicted molar refractivity (Wildman–Crippen MR) is 78.3 cm³/mol. The molecule has 0 bridgehead atoms. The molecular weight excluding hydrogens is 238 g/mol. The van der Waals surface area contributed by atoms with Crippen molar-refractivity contribution in [1.29, 1.82) is 0 Å². The van der Waals surface area contributed by atoms with Gasteiger partial charge in [-0.05, 0) is 24.3 Å². The third kappa shape index (κ3) is 4.56. The summed E-state index contributed by atoms with van der Waals surface area (Å²) in [5.74, 6) is 1.69. The molecule has 104 valence electrons. The molecule has 1 aromatic carbocycles. The average molecular weight is 261 g/mol. The summed E-state index contributed by atoms with van der Waals surface area (Å²) in [6, 6.07) is 10.2. The lowest BCUT2D eigenvalue weighted by Crippen LogP contribution is -2.40. The van der Waals surface area contributed by atoms with Crippen molar-refractivity contribution >= 4 is 5.96 Å². The van der Waals surface area contributed by atoms with E-state index in [4.69, 9.17) is 4.74 Å². The van der Waals surface area contributed by atoms with Crippen molar-refractivity contribution in [3.8, 4) is 0 Å². The van der Waals surface area contributed by atoms with Gasteiger partial charge < -0.3 is 15.4 Å². The minimum absolute atomic E-state index is 0.0423. The lowest BCUT2D eigenvalue weighted by Gasteiger charge is -2.18. The van der Waals surface area contributed by atoms with Crippen LogP contribution in [0.15, 0.2) is 35.3 Å². The zero-order chi connectivity index (χ0) is 13.5. The number of nitrogens with one attached hydrogen (secondary N) is 2. The number of hydrogen-bond acceptors (Lipinski definition) is 2. The van der Waals surface area contributed by atoms with Gasteiger partial charge >= 0.3 is 0 Å². The van der Waals surface area contributed by atoms with Crippen LogP contribution in [0.2, 0.25) is 0 Å². The van der Waals surface area contributed by atoms with Gasteiger partial charge in [-0.25, -0.2) is 0 Å². The Labute approximate surface area is 115 Å². The van der Waals surface area contributed by atoms with E-state index in [1.807, 2.05) is 18.2 Å². The topological polar surface area (TPSA) is 45.7 Å². The second-order valence-electron chi connectivity index (χ2n) is 4.91. The van der Waals surface area contributed by atoms with E-state index < -0.39 is 0 Å². The summed E-state index contributed by atoms with van der Waals surface area (Å²) in [6.07, 6.45) is 2.73. The molecule has 19 heavy (non-hydrogen) atoms. The van der Waals surface area contributed by atoms with Crippen LogP contribution in [-0.2, 0) is 4.74 Å². The molecule has 1 aromatic rings. The van der Waals surface area contributed by atoms with Crippen LogP contribution >= 0.6 is 0 Å². The summed E-state index contributed by atoms with van der Waals surface area (Å²) < 4.78 is 5.52. The Morgan fingerprint density at radius 1 is 1.32 bits per heavy atom. The minimum Gasteiger partial charge on any atom is -0.375 e. The summed E-state index contributed by atoms with van der Waals surface area (Å²) in [7, 11) is 3.53. The second-order valence-corrected chi connectivity index (χ2v) is 4.91. The van der Waals surface area contributed by atoms with E-state index >= 15 is 0 Å².